The van der Waals surface area contributed by atoms with Crippen LogP contribution in [-0.2, 0) is 11.2 Å². The summed E-state index contributed by atoms with van der Waals surface area (Å²) in [6.07, 6.45) is 0.759. The molecule has 6 heteroatoms. The fraction of sp³-hybridized carbons (Fsp3) is 0.231. The number of carbonyl (C=O) groups is 1. The van der Waals surface area contributed by atoms with E-state index in [4.69, 9.17) is 5.26 Å². The van der Waals surface area contributed by atoms with Crippen molar-refractivity contribution < 1.29 is 4.79 Å². The van der Waals surface area contributed by atoms with Gasteiger partial charge in [-0.25, -0.2) is 0 Å². The van der Waals surface area contributed by atoms with Gasteiger partial charge in [0.15, 0.2) is 0 Å². The largest absolute Gasteiger partial charge is 0.384 e. The Morgan fingerprint density at radius 3 is 2.22 bits per heavy atom. The summed E-state index contributed by atoms with van der Waals surface area (Å²) >= 11 is 0. The molecular formula is C26H29N5O. The van der Waals surface area contributed by atoms with Crippen LogP contribution in [0.3, 0.4) is 0 Å². The van der Waals surface area contributed by atoms with Gasteiger partial charge in [-0.2, -0.15) is 5.26 Å². The van der Waals surface area contributed by atoms with Crippen LogP contribution < -0.4 is 21.3 Å². The minimum Gasteiger partial charge on any atom is -0.384 e. The van der Waals surface area contributed by atoms with Crippen LogP contribution in [0.2, 0.25) is 0 Å². The predicted octanol–water partition coefficient (Wildman–Crippen LogP) is 3.70. The average molecular weight is 428 g/mol. The summed E-state index contributed by atoms with van der Waals surface area (Å²) in [5, 5.41) is 21.8. The molecule has 0 aliphatic rings. The molecule has 0 radical (unpaired) electrons. The zero-order chi connectivity index (χ0) is 22.6. The maximum absolute atomic E-state index is 13.1. The number of carbonyl (C=O) groups excluding carboxylic acids is 1. The van der Waals surface area contributed by atoms with E-state index in [1.165, 1.54) is 0 Å². The fourth-order valence-corrected chi connectivity index (χ4v) is 3.33. The number of nitriles is 1. The van der Waals surface area contributed by atoms with Crippen LogP contribution >= 0.6 is 0 Å². The third-order valence-electron chi connectivity index (χ3n) is 5.10. The molecule has 0 aliphatic carbocycles. The van der Waals surface area contributed by atoms with E-state index in [2.05, 4.69) is 27.3 Å². The van der Waals surface area contributed by atoms with Gasteiger partial charge in [0.2, 0.25) is 5.91 Å². The van der Waals surface area contributed by atoms with Crippen LogP contribution in [0.15, 0.2) is 78.9 Å². The molecule has 3 rings (SSSR count). The zero-order valence-corrected chi connectivity index (χ0v) is 18.3. The molecule has 3 aromatic carbocycles. The molecule has 0 saturated carbocycles. The third-order valence-corrected chi connectivity index (χ3v) is 5.10. The maximum atomic E-state index is 13.1. The highest BCUT2D eigenvalue weighted by atomic mass is 16.2. The predicted molar refractivity (Wildman–Crippen MR) is 130 cm³/mol. The molecule has 0 fully saturated rings. The summed E-state index contributed by atoms with van der Waals surface area (Å²) in [6.45, 7) is 2.35. The van der Waals surface area contributed by atoms with Crippen molar-refractivity contribution in [2.24, 2.45) is 0 Å². The summed E-state index contributed by atoms with van der Waals surface area (Å²) in [6, 6.07) is 26.6. The number of benzene rings is 3. The summed E-state index contributed by atoms with van der Waals surface area (Å²) in [5.41, 5.74) is 4.44. The number of hydrogen-bond donors (Lipinski definition) is 4. The van der Waals surface area contributed by atoms with E-state index in [-0.39, 0.29) is 5.91 Å². The van der Waals surface area contributed by atoms with Gasteiger partial charge < -0.3 is 21.3 Å². The number of amides is 1. The summed E-state index contributed by atoms with van der Waals surface area (Å²) < 4.78 is 0. The van der Waals surface area contributed by atoms with Gasteiger partial charge in [0.25, 0.3) is 0 Å². The highest BCUT2D eigenvalue weighted by Gasteiger charge is 2.20. The number of likely N-dealkylation sites (N-methyl/N-ethyl adjacent to an activating group) is 1. The van der Waals surface area contributed by atoms with E-state index in [1.54, 1.807) is 0 Å². The lowest BCUT2D eigenvalue weighted by Gasteiger charge is -2.19. The topological polar surface area (TPSA) is 89.0 Å². The lowest BCUT2D eigenvalue weighted by Crippen LogP contribution is -2.34. The average Bonchev–Trinajstić information content (AvgIpc) is 2.84. The number of hydrogen-bond acceptors (Lipinski definition) is 5. The van der Waals surface area contributed by atoms with Crippen molar-refractivity contribution in [2.75, 3.05) is 37.3 Å². The SMILES string of the molecule is CNCCNc1ccc(NC(=O)C(NCCc2ccc(C#N)cc2)c2ccccc2)cc1. The van der Waals surface area contributed by atoms with E-state index in [9.17, 15) is 4.79 Å². The quantitative estimate of drug-likeness (QED) is 0.351. The summed E-state index contributed by atoms with van der Waals surface area (Å²) in [7, 11) is 1.92. The number of rotatable bonds is 11. The normalized spacial score (nSPS) is 11.4. The Morgan fingerprint density at radius 2 is 1.56 bits per heavy atom. The molecule has 0 heterocycles. The molecule has 164 valence electrons. The molecule has 1 atom stereocenters. The second-order valence-corrected chi connectivity index (χ2v) is 7.45. The highest BCUT2D eigenvalue weighted by molar-refractivity contribution is 5.95. The number of nitrogens with zero attached hydrogens (tertiary/aromatic N) is 1. The third kappa shape index (κ3) is 6.95. The van der Waals surface area contributed by atoms with Gasteiger partial charge in [0, 0.05) is 31.0 Å². The molecule has 0 aromatic heterocycles. The van der Waals surface area contributed by atoms with Crippen LogP contribution in [-0.4, -0.2) is 32.6 Å². The minimum absolute atomic E-state index is 0.105. The summed E-state index contributed by atoms with van der Waals surface area (Å²) in [5.74, 6) is -0.105. The molecule has 4 N–H and O–H groups in total. The maximum Gasteiger partial charge on any atom is 0.246 e. The first-order chi connectivity index (χ1) is 15.7. The van der Waals surface area contributed by atoms with E-state index in [0.717, 1.165) is 42.0 Å². The van der Waals surface area contributed by atoms with Crippen molar-refractivity contribution in [3.05, 3.63) is 95.6 Å². The van der Waals surface area contributed by atoms with Crippen molar-refractivity contribution in [2.45, 2.75) is 12.5 Å². The molecule has 0 bridgehead atoms. The van der Waals surface area contributed by atoms with Crippen molar-refractivity contribution in [1.29, 1.82) is 5.26 Å². The van der Waals surface area contributed by atoms with Crippen molar-refractivity contribution in [3.8, 4) is 6.07 Å². The second kappa shape index (κ2) is 12.3. The number of anilines is 2. The Balaban J connectivity index is 1.61. The molecule has 0 spiro atoms. The van der Waals surface area contributed by atoms with Gasteiger partial charge >= 0.3 is 0 Å². The summed E-state index contributed by atoms with van der Waals surface area (Å²) in [4.78, 5) is 13.1. The Kier molecular flexibility index (Phi) is 8.81. The van der Waals surface area contributed by atoms with Crippen molar-refractivity contribution in [3.63, 3.8) is 0 Å². The highest BCUT2D eigenvalue weighted by Crippen LogP contribution is 2.18. The Labute approximate surface area is 189 Å². The smallest absolute Gasteiger partial charge is 0.246 e. The monoisotopic (exact) mass is 427 g/mol. The van der Waals surface area contributed by atoms with Crippen LogP contribution in [0.25, 0.3) is 0 Å². The Bertz CT molecular complexity index is 1010. The standard InChI is InChI=1S/C26H29N5O/c1-28-17-18-29-23-11-13-24(14-12-23)31-26(32)25(22-5-3-2-4-6-22)30-16-15-20-7-9-21(19-27)10-8-20/h2-14,25,28-30H,15-18H2,1H3,(H,31,32). The molecule has 1 unspecified atom stereocenters. The molecule has 6 nitrogen and oxygen atoms in total. The van der Waals surface area contributed by atoms with Gasteiger partial charge in [-0.15, -0.1) is 0 Å². The molecule has 3 aromatic rings. The Morgan fingerprint density at radius 1 is 0.875 bits per heavy atom. The lowest BCUT2D eigenvalue weighted by molar-refractivity contribution is -0.118. The first kappa shape index (κ1) is 23.0. The van der Waals surface area contributed by atoms with Gasteiger partial charge in [0.1, 0.15) is 6.04 Å². The Hall–Kier alpha value is -3.66. The van der Waals surface area contributed by atoms with Gasteiger partial charge in [-0.05, 0) is 61.0 Å². The van der Waals surface area contributed by atoms with E-state index in [0.29, 0.717) is 12.1 Å². The number of nitrogens with one attached hydrogen (secondary N) is 4. The molecule has 0 saturated heterocycles. The van der Waals surface area contributed by atoms with Crippen LogP contribution in [0.4, 0.5) is 11.4 Å². The van der Waals surface area contributed by atoms with E-state index >= 15 is 0 Å². The van der Waals surface area contributed by atoms with Gasteiger partial charge in [-0.3, -0.25) is 4.79 Å². The van der Waals surface area contributed by atoms with Crippen LogP contribution in [0.5, 0.6) is 0 Å². The van der Waals surface area contributed by atoms with Gasteiger partial charge in [-0.1, -0.05) is 42.5 Å². The second-order valence-electron chi connectivity index (χ2n) is 7.45. The zero-order valence-electron chi connectivity index (χ0n) is 18.3. The van der Waals surface area contributed by atoms with Crippen molar-refractivity contribution in [1.82, 2.24) is 10.6 Å². The first-order valence-corrected chi connectivity index (χ1v) is 10.8. The molecule has 0 aliphatic heterocycles. The lowest BCUT2D eigenvalue weighted by atomic mass is 10.0. The fourth-order valence-electron chi connectivity index (χ4n) is 3.33. The minimum atomic E-state index is -0.469. The van der Waals surface area contributed by atoms with Crippen LogP contribution in [0.1, 0.15) is 22.7 Å². The van der Waals surface area contributed by atoms with E-state index in [1.807, 2.05) is 85.9 Å². The van der Waals surface area contributed by atoms with Gasteiger partial charge in [0.05, 0.1) is 11.6 Å². The molecule has 1 amide bonds. The first-order valence-electron chi connectivity index (χ1n) is 10.8. The van der Waals surface area contributed by atoms with Crippen molar-refractivity contribution >= 4 is 17.3 Å². The molecule has 32 heavy (non-hydrogen) atoms. The molecular weight excluding hydrogens is 398 g/mol. The van der Waals surface area contributed by atoms with E-state index < -0.39 is 6.04 Å². The van der Waals surface area contributed by atoms with Crippen LogP contribution in [0, 0.1) is 11.3 Å².